The Bertz CT molecular complexity index is 468. The van der Waals surface area contributed by atoms with Gasteiger partial charge in [0.15, 0.2) is 0 Å². The molecule has 1 heterocycles. The van der Waals surface area contributed by atoms with Crippen LogP contribution in [0.15, 0.2) is 24.3 Å². The molecule has 14 heavy (non-hydrogen) atoms. The highest BCUT2D eigenvalue weighted by atomic mass is 32.1. The molecule has 0 atom stereocenters. The van der Waals surface area contributed by atoms with Crippen LogP contribution >= 0.6 is 11.3 Å². The highest BCUT2D eigenvalue weighted by Gasteiger charge is 2.21. The topological polar surface area (TPSA) is 20.2 Å². The molecule has 0 bridgehead atoms. The number of hydrogen-bond donors (Lipinski definition) is 1. The van der Waals surface area contributed by atoms with Crippen molar-refractivity contribution in [3.63, 3.8) is 0 Å². The molecule has 0 aliphatic rings. The van der Waals surface area contributed by atoms with Gasteiger partial charge in [-0.2, -0.15) is 0 Å². The lowest BCUT2D eigenvalue weighted by Crippen LogP contribution is -2.05. The first-order valence-electron chi connectivity index (χ1n) is 4.39. The number of phenols is 1. The van der Waals surface area contributed by atoms with Gasteiger partial charge in [0.1, 0.15) is 11.4 Å². The van der Waals surface area contributed by atoms with Crippen LogP contribution in [0.5, 0.6) is 5.75 Å². The van der Waals surface area contributed by atoms with Crippen LogP contribution in [-0.4, -0.2) is 5.11 Å². The van der Waals surface area contributed by atoms with E-state index in [9.17, 15) is 9.50 Å². The molecule has 0 radical (unpaired) electrons. The summed E-state index contributed by atoms with van der Waals surface area (Å²) in [5.74, 6) is 0.225. The molecule has 0 aliphatic carbocycles. The number of alkyl halides is 1. The zero-order valence-corrected chi connectivity index (χ0v) is 8.86. The molecular formula is C11H11FOS. The van der Waals surface area contributed by atoms with Crippen LogP contribution in [0.3, 0.4) is 0 Å². The van der Waals surface area contributed by atoms with Crippen molar-refractivity contribution in [1.29, 1.82) is 0 Å². The fourth-order valence-electron chi connectivity index (χ4n) is 1.31. The van der Waals surface area contributed by atoms with Crippen molar-refractivity contribution in [2.75, 3.05) is 0 Å². The molecule has 1 N–H and O–H groups in total. The summed E-state index contributed by atoms with van der Waals surface area (Å²) in [7, 11) is 0. The first-order valence-corrected chi connectivity index (χ1v) is 5.20. The van der Waals surface area contributed by atoms with Crippen LogP contribution in [0, 0.1) is 0 Å². The second-order valence-electron chi connectivity index (χ2n) is 3.81. The van der Waals surface area contributed by atoms with E-state index in [1.54, 1.807) is 18.2 Å². The van der Waals surface area contributed by atoms with Crippen LogP contribution in [0.25, 0.3) is 10.1 Å². The van der Waals surface area contributed by atoms with E-state index in [0.717, 1.165) is 10.1 Å². The van der Waals surface area contributed by atoms with Crippen LogP contribution in [0.1, 0.15) is 18.7 Å². The maximum absolute atomic E-state index is 13.6. The zero-order chi connectivity index (χ0) is 10.3. The Balaban J connectivity index is 2.63. The van der Waals surface area contributed by atoms with Crippen LogP contribution < -0.4 is 0 Å². The van der Waals surface area contributed by atoms with Gasteiger partial charge in [0.05, 0.1) is 0 Å². The molecule has 0 unspecified atom stereocenters. The summed E-state index contributed by atoms with van der Waals surface area (Å²) in [6, 6.07) is 6.91. The summed E-state index contributed by atoms with van der Waals surface area (Å²) in [5, 5.41) is 10.2. The molecule has 1 nitrogen and oxygen atoms in total. The van der Waals surface area contributed by atoms with Crippen molar-refractivity contribution in [3.05, 3.63) is 29.1 Å². The lowest BCUT2D eigenvalue weighted by Gasteiger charge is -2.09. The standard InChI is InChI=1S/C11H11FOS/c1-11(2,12)10-5-7-3-4-8(13)6-9(7)14-10/h3-6,13H,1-2H3. The molecule has 2 aromatic rings. The Morgan fingerprint density at radius 2 is 2.00 bits per heavy atom. The minimum absolute atomic E-state index is 0.225. The molecule has 0 amide bonds. The summed E-state index contributed by atoms with van der Waals surface area (Å²) in [6.45, 7) is 3.08. The van der Waals surface area contributed by atoms with Gasteiger partial charge < -0.3 is 5.11 Å². The molecule has 0 aliphatic heterocycles. The van der Waals surface area contributed by atoms with Gasteiger partial charge in [-0.25, -0.2) is 4.39 Å². The van der Waals surface area contributed by atoms with Crippen LogP contribution in [-0.2, 0) is 5.67 Å². The summed E-state index contributed by atoms with van der Waals surface area (Å²) >= 11 is 1.38. The van der Waals surface area contributed by atoms with Crippen molar-refractivity contribution >= 4 is 21.4 Å². The highest BCUT2D eigenvalue weighted by Crippen LogP contribution is 2.36. The Morgan fingerprint density at radius 1 is 1.29 bits per heavy atom. The van der Waals surface area contributed by atoms with Crippen molar-refractivity contribution in [2.45, 2.75) is 19.5 Å². The molecule has 74 valence electrons. The summed E-state index contributed by atoms with van der Waals surface area (Å²) in [6.07, 6.45) is 0. The molecule has 0 saturated heterocycles. The lowest BCUT2D eigenvalue weighted by atomic mass is 10.1. The maximum atomic E-state index is 13.6. The molecule has 1 aromatic carbocycles. The SMILES string of the molecule is CC(C)(F)c1cc2ccc(O)cc2s1. The average molecular weight is 210 g/mol. The fraction of sp³-hybridized carbons (Fsp3) is 0.273. The van der Waals surface area contributed by atoms with E-state index in [1.165, 1.54) is 25.2 Å². The summed E-state index contributed by atoms with van der Waals surface area (Å²) in [4.78, 5) is 0.693. The van der Waals surface area contributed by atoms with Crippen molar-refractivity contribution in [1.82, 2.24) is 0 Å². The number of rotatable bonds is 1. The van der Waals surface area contributed by atoms with E-state index in [4.69, 9.17) is 0 Å². The second kappa shape index (κ2) is 2.95. The third kappa shape index (κ3) is 1.60. The zero-order valence-electron chi connectivity index (χ0n) is 8.04. The van der Waals surface area contributed by atoms with Gasteiger partial charge in [0.2, 0.25) is 0 Å². The van der Waals surface area contributed by atoms with Gasteiger partial charge in [-0.05, 0) is 43.5 Å². The number of fused-ring (bicyclic) bond motifs is 1. The van der Waals surface area contributed by atoms with E-state index in [0.29, 0.717) is 4.88 Å². The number of halogens is 1. The second-order valence-corrected chi connectivity index (χ2v) is 4.89. The minimum Gasteiger partial charge on any atom is -0.508 e. The van der Waals surface area contributed by atoms with Crippen molar-refractivity contribution in [2.24, 2.45) is 0 Å². The molecule has 0 fully saturated rings. The van der Waals surface area contributed by atoms with Gasteiger partial charge in [0.25, 0.3) is 0 Å². The fourth-order valence-corrected chi connectivity index (χ4v) is 2.40. The van der Waals surface area contributed by atoms with Crippen molar-refractivity contribution in [3.8, 4) is 5.75 Å². The minimum atomic E-state index is -1.31. The van der Waals surface area contributed by atoms with Crippen LogP contribution in [0.4, 0.5) is 4.39 Å². The Labute approximate surface area is 85.8 Å². The largest absolute Gasteiger partial charge is 0.508 e. The highest BCUT2D eigenvalue weighted by molar-refractivity contribution is 7.19. The third-order valence-corrected chi connectivity index (χ3v) is 3.49. The number of hydrogen-bond acceptors (Lipinski definition) is 2. The third-order valence-electron chi connectivity index (χ3n) is 2.09. The average Bonchev–Trinajstić information content (AvgIpc) is 2.45. The van der Waals surface area contributed by atoms with Gasteiger partial charge in [0, 0.05) is 9.58 Å². The molecule has 3 heteroatoms. The Morgan fingerprint density at radius 3 is 2.64 bits per heavy atom. The van der Waals surface area contributed by atoms with E-state index in [-0.39, 0.29) is 5.75 Å². The summed E-state index contributed by atoms with van der Waals surface area (Å²) < 4.78 is 14.5. The predicted octanol–water partition coefficient (Wildman–Crippen LogP) is 3.81. The molecule has 2 rings (SSSR count). The maximum Gasteiger partial charge on any atom is 0.139 e. The predicted molar refractivity (Wildman–Crippen MR) is 57.6 cm³/mol. The van der Waals surface area contributed by atoms with Crippen molar-refractivity contribution < 1.29 is 9.50 Å². The number of benzene rings is 1. The molecule has 1 aromatic heterocycles. The van der Waals surface area contributed by atoms with Gasteiger partial charge in [-0.15, -0.1) is 11.3 Å². The first-order chi connectivity index (χ1) is 6.47. The Kier molecular flexibility index (Phi) is 2.00. The van der Waals surface area contributed by atoms with E-state index in [1.807, 2.05) is 6.07 Å². The van der Waals surface area contributed by atoms with Gasteiger partial charge in [-0.1, -0.05) is 0 Å². The quantitative estimate of drug-likeness (QED) is 0.758. The number of aromatic hydroxyl groups is 1. The molecular weight excluding hydrogens is 199 g/mol. The first kappa shape index (κ1) is 9.46. The monoisotopic (exact) mass is 210 g/mol. The van der Waals surface area contributed by atoms with Gasteiger partial charge in [-0.3, -0.25) is 0 Å². The van der Waals surface area contributed by atoms with E-state index >= 15 is 0 Å². The smallest absolute Gasteiger partial charge is 0.139 e. The Hall–Kier alpha value is -1.09. The molecule has 0 saturated carbocycles. The molecule has 0 spiro atoms. The van der Waals surface area contributed by atoms with E-state index in [2.05, 4.69) is 0 Å². The van der Waals surface area contributed by atoms with Crippen LogP contribution in [0.2, 0.25) is 0 Å². The van der Waals surface area contributed by atoms with Gasteiger partial charge >= 0.3 is 0 Å². The lowest BCUT2D eigenvalue weighted by molar-refractivity contribution is 0.227. The normalized spacial score (nSPS) is 12.2. The van der Waals surface area contributed by atoms with E-state index < -0.39 is 5.67 Å². The number of phenolic OH excluding ortho intramolecular Hbond substituents is 1. The summed E-state index contributed by atoms with van der Waals surface area (Å²) in [5.41, 5.74) is -1.31. The number of thiophene rings is 1.